The van der Waals surface area contributed by atoms with Crippen LogP contribution in [0.15, 0.2) is 0 Å². The predicted molar refractivity (Wildman–Crippen MR) is 13.7 cm³/mol. The first-order valence-electron chi connectivity index (χ1n) is 1.14. The third kappa shape index (κ3) is 3630. The van der Waals surface area contributed by atoms with Gasteiger partial charge in [-0.25, -0.2) is 0 Å². The molecule has 4 nitrogen and oxygen atoms in total. The zero-order valence-electron chi connectivity index (χ0n) is 3.29. The maximum absolute atomic E-state index is 8.67. The Kier molecular flexibility index (Phi) is 14.0. The molecule has 0 spiro atoms. The van der Waals surface area contributed by atoms with Gasteiger partial charge in [0.25, 0.3) is 0 Å². The van der Waals surface area contributed by atoms with E-state index in [9.17, 15) is 0 Å². The molecule has 0 rings (SSSR count). The van der Waals surface area contributed by atoms with Crippen LogP contribution in [-0.4, -0.2) is 11.1 Å². The van der Waals surface area contributed by atoms with Crippen molar-refractivity contribution in [2.45, 2.75) is 0 Å². The van der Waals surface area contributed by atoms with Gasteiger partial charge in [0, 0.05) is 0 Å². The second kappa shape index (κ2) is 8.92. The summed E-state index contributed by atoms with van der Waals surface area (Å²) in [6.07, 6.45) is 0. The van der Waals surface area contributed by atoms with Crippen LogP contribution < -0.4 is 5.73 Å². The Hall–Kier alpha value is 0.104. The average molecular weight is 131 g/mol. The van der Waals surface area contributed by atoms with E-state index >= 15 is 0 Å². The van der Waals surface area contributed by atoms with Gasteiger partial charge in [-0.05, 0) is 7.05 Å². The molecule has 38 valence electrons. The maximum atomic E-state index is 8.67. The van der Waals surface area contributed by atoms with Crippen molar-refractivity contribution < 1.29 is 26.8 Å². The zero-order chi connectivity index (χ0) is 5.58. The summed E-state index contributed by atoms with van der Waals surface area (Å²) in [6.45, 7) is 0. The van der Waals surface area contributed by atoms with Crippen LogP contribution in [0.2, 0.25) is 0 Å². The van der Waals surface area contributed by atoms with E-state index in [-0.39, 0.29) is 0 Å². The summed E-state index contributed by atoms with van der Waals surface area (Å²) in [5.74, 6) is 0. The number of hydrogen-bond acceptors (Lipinski definition) is 3. The molecule has 0 bridgehead atoms. The summed E-state index contributed by atoms with van der Waals surface area (Å²) in [4.78, 5) is 0. The molecule has 0 heterocycles. The fourth-order valence-electron chi connectivity index (χ4n) is 0. The Morgan fingerprint density at radius 2 is 1.50 bits per heavy atom. The van der Waals surface area contributed by atoms with Gasteiger partial charge in [0.1, 0.15) is 0 Å². The van der Waals surface area contributed by atoms with Crippen LogP contribution in [0, 0.1) is 0 Å². The molecule has 0 atom stereocenters. The van der Waals surface area contributed by atoms with E-state index in [4.69, 9.17) is 11.4 Å². The first-order valence-corrected chi connectivity index (χ1v) is 2.91. The topological polar surface area (TPSA) is 80.4 Å². The van der Waals surface area contributed by atoms with E-state index in [1.807, 2.05) is 0 Å². The summed E-state index contributed by atoms with van der Waals surface area (Å²) in [7, 11) is 1.50. The molecule has 3 N–H and O–H groups in total. The Bertz CT molecular complexity index is 59.2. The van der Waals surface area contributed by atoms with Crippen molar-refractivity contribution in [1.82, 2.24) is 0 Å². The summed E-state index contributed by atoms with van der Waals surface area (Å²) in [6, 6.07) is 0. The Morgan fingerprint density at radius 1 is 1.50 bits per heavy atom. The number of nitrogens with two attached hydrogens (primary N) is 1. The number of rotatable bonds is 0. The fourth-order valence-corrected chi connectivity index (χ4v) is 0. The van der Waals surface area contributed by atoms with E-state index in [0.29, 0.717) is 0 Å². The quantitative estimate of drug-likeness (QED) is 0.431. The third-order valence-corrected chi connectivity index (χ3v) is 0. The standard InChI is InChI=1S/CH5N.H2O.2O.V/c1-2;;;;/h2H2,1H3;1H2;;;/q;;;;+1/p-1. The molecule has 0 aliphatic rings. The summed E-state index contributed by atoms with van der Waals surface area (Å²) in [5, 5.41) is 0. The molecule has 0 radical (unpaired) electrons. The summed E-state index contributed by atoms with van der Waals surface area (Å²) >= 11 is -3.69. The van der Waals surface area contributed by atoms with Crippen LogP contribution in [0.25, 0.3) is 0 Å². The molecule has 0 aliphatic carbocycles. The second-order valence-electron chi connectivity index (χ2n) is 0.238. The van der Waals surface area contributed by atoms with Crippen LogP contribution in [0.5, 0.6) is 0 Å². The first kappa shape index (κ1) is 9.44. The second-order valence-corrected chi connectivity index (χ2v) is 0.981. The minimum atomic E-state index is -3.69. The van der Waals surface area contributed by atoms with Gasteiger partial charge in [0.15, 0.2) is 0 Å². The van der Waals surface area contributed by atoms with Gasteiger partial charge < -0.3 is 5.73 Å². The van der Waals surface area contributed by atoms with Crippen LogP contribution in [0.3, 0.4) is 0 Å². The molecule has 0 fully saturated rings. The summed E-state index contributed by atoms with van der Waals surface area (Å²) in [5.41, 5.74) is 4.50. The van der Waals surface area contributed by atoms with Crippen molar-refractivity contribution in [3.05, 3.63) is 0 Å². The van der Waals surface area contributed by atoms with Crippen molar-refractivity contribution in [2.24, 2.45) is 5.73 Å². The van der Waals surface area contributed by atoms with Gasteiger partial charge in [0.2, 0.25) is 0 Å². The van der Waals surface area contributed by atoms with Gasteiger partial charge in [-0.2, -0.15) is 0 Å². The van der Waals surface area contributed by atoms with Crippen LogP contribution >= 0.6 is 0 Å². The van der Waals surface area contributed by atoms with Gasteiger partial charge in [-0.1, -0.05) is 0 Å². The van der Waals surface area contributed by atoms with E-state index in [1.54, 1.807) is 0 Å². The Morgan fingerprint density at radius 3 is 1.50 bits per heavy atom. The predicted octanol–water partition coefficient (Wildman–Crippen LogP) is -1.22. The molecule has 0 aromatic carbocycles. The summed E-state index contributed by atoms with van der Waals surface area (Å²) < 4.78 is 24.4. The van der Waals surface area contributed by atoms with E-state index < -0.39 is 15.4 Å². The van der Waals surface area contributed by atoms with Crippen molar-refractivity contribution in [2.75, 3.05) is 7.05 Å². The molecule has 0 aromatic rings. The van der Waals surface area contributed by atoms with Crippen molar-refractivity contribution >= 4 is 0 Å². The third-order valence-electron chi connectivity index (χ3n) is 0. The van der Waals surface area contributed by atoms with Crippen LogP contribution in [0.1, 0.15) is 0 Å². The zero-order valence-corrected chi connectivity index (χ0v) is 4.68. The molecule has 0 unspecified atom stereocenters. The van der Waals surface area contributed by atoms with Crippen molar-refractivity contribution in [3.8, 4) is 0 Å². The van der Waals surface area contributed by atoms with E-state index in [2.05, 4.69) is 5.73 Å². The fraction of sp³-hybridized carbons (Fsp3) is 1.00. The molecule has 6 heavy (non-hydrogen) atoms. The average Bonchev–Trinajstić information content (AvgIpc) is 1.41. The normalized spacial score (nSPS) is 5.17. The molecular weight excluding hydrogens is 125 g/mol. The van der Waals surface area contributed by atoms with Gasteiger partial charge in [-0.15, -0.1) is 0 Å². The van der Waals surface area contributed by atoms with E-state index in [1.165, 1.54) is 7.05 Å². The van der Waals surface area contributed by atoms with Crippen molar-refractivity contribution in [1.29, 1.82) is 0 Å². The monoisotopic (exact) mass is 131 g/mol. The van der Waals surface area contributed by atoms with Gasteiger partial charge in [-0.3, -0.25) is 0 Å². The molecule has 0 aromatic heterocycles. The molecule has 0 saturated carbocycles. The molecule has 0 saturated heterocycles. The minimum absolute atomic E-state index is 1.50. The molecular formula is CH6NO3V. The molecule has 5 heteroatoms. The number of hydrogen-bond donors (Lipinski definition) is 2. The first-order chi connectivity index (χ1) is 2.73. The van der Waals surface area contributed by atoms with Crippen LogP contribution in [0.4, 0.5) is 0 Å². The van der Waals surface area contributed by atoms with Gasteiger partial charge >= 0.3 is 26.8 Å². The van der Waals surface area contributed by atoms with Crippen molar-refractivity contribution in [3.63, 3.8) is 0 Å². The van der Waals surface area contributed by atoms with E-state index in [0.717, 1.165) is 0 Å². The Labute approximate surface area is 40.3 Å². The van der Waals surface area contributed by atoms with Gasteiger partial charge in [0.05, 0.1) is 0 Å². The molecule has 0 aliphatic heterocycles. The molecule has 0 amide bonds. The Balaban J connectivity index is 0. The SMILES string of the molecule is CN.[O]=[V](=[O])[OH]. The van der Waals surface area contributed by atoms with Crippen LogP contribution in [-0.2, 0) is 22.7 Å².